The third-order valence-electron chi connectivity index (χ3n) is 5.12. The van der Waals surface area contributed by atoms with Crippen molar-refractivity contribution in [1.29, 1.82) is 0 Å². The molecule has 17 heavy (non-hydrogen) atoms. The van der Waals surface area contributed by atoms with Crippen LogP contribution in [0.2, 0.25) is 0 Å². The van der Waals surface area contributed by atoms with Gasteiger partial charge in [0.2, 0.25) is 0 Å². The fourth-order valence-electron chi connectivity index (χ4n) is 3.92. The van der Waals surface area contributed by atoms with Crippen molar-refractivity contribution in [2.24, 2.45) is 17.6 Å². The standard InChI is InChI=1S/C15H30N2/c1-12-7-3-6-10-15(12)17(2)11-13-8-4-5-9-14(13)16/h12-15H,3-11,16H2,1-2H3. The maximum atomic E-state index is 6.26. The van der Waals surface area contributed by atoms with Crippen molar-refractivity contribution < 1.29 is 0 Å². The van der Waals surface area contributed by atoms with E-state index in [0.717, 1.165) is 17.9 Å². The molecule has 0 aromatic rings. The largest absolute Gasteiger partial charge is 0.327 e. The van der Waals surface area contributed by atoms with Crippen molar-refractivity contribution in [3.8, 4) is 0 Å². The Kier molecular flexibility index (Phi) is 4.87. The van der Waals surface area contributed by atoms with Crippen molar-refractivity contribution in [3.05, 3.63) is 0 Å². The molecule has 100 valence electrons. The lowest BCUT2D eigenvalue weighted by Gasteiger charge is -2.40. The summed E-state index contributed by atoms with van der Waals surface area (Å²) in [7, 11) is 2.33. The topological polar surface area (TPSA) is 29.3 Å². The molecule has 0 aromatic heterocycles. The van der Waals surface area contributed by atoms with Crippen molar-refractivity contribution in [1.82, 2.24) is 4.90 Å². The van der Waals surface area contributed by atoms with Crippen molar-refractivity contribution in [3.63, 3.8) is 0 Å². The lowest BCUT2D eigenvalue weighted by molar-refractivity contribution is 0.106. The van der Waals surface area contributed by atoms with Crippen LogP contribution in [0.15, 0.2) is 0 Å². The van der Waals surface area contributed by atoms with Crippen LogP contribution in [0, 0.1) is 11.8 Å². The minimum absolute atomic E-state index is 0.463. The number of rotatable bonds is 3. The minimum atomic E-state index is 0.463. The zero-order valence-electron chi connectivity index (χ0n) is 11.7. The lowest BCUT2D eigenvalue weighted by atomic mass is 9.82. The smallest absolute Gasteiger partial charge is 0.0118 e. The normalized spacial score (nSPS) is 39.5. The highest BCUT2D eigenvalue weighted by molar-refractivity contribution is 4.84. The minimum Gasteiger partial charge on any atom is -0.327 e. The van der Waals surface area contributed by atoms with Crippen LogP contribution in [-0.4, -0.2) is 30.6 Å². The highest BCUT2D eigenvalue weighted by Gasteiger charge is 2.29. The average molecular weight is 238 g/mol. The maximum Gasteiger partial charge on any atom is 0.0118 e. The summed E-state index contributed by atoms with van der Waals surface area (Å²) in [6.07, 6.45) is 11.0. The SMILES string of the molecule is CC1CCCCC1N(C)CC1CCCCC1N. The molecule has 2 nitrogen and oxygen atoms in total. The average Bonchev–Trinajstić information content (AvgIpc) is 2.32. The molecule has 0 spiro atoms. The highest BCUT2D eigenvalue weighted by atomic mass is 15.1. The molecule has 2 aliphatic carbocycles. The number of hydrogen-bond acceptors (Lipinski definition) is 2. The van der Waals surface area contributed by atoms with Crippen LogP contribution in [-0.2, 0) is 0 Å². The molecule has 0 aliphatic heterocycles. The summed E-state index contributed by atoms with van der Waals surface area (Å²) < 4.78 is 0. The van der Waals surface area contributed by atoms with Gasteiger partial charge in [0.25, 0.3) is 0 Å². The van der Waals surface area contributed by atoms with Gasteiger partial charge in [-0.25, -0.2) is 0 Å². The summed E-state index contributed by atoms with van der Waals surface area (Å²) in [6, 6.07) is 1.28. The van der Waals surface area contributed by atoms with Crippen LogP contribution in [0.1, 0.15) is 58.3 Å². The lowest BCUT2D eigenvalue weighted by Crippen LogP contribution is -2.46. The first-order valence-electron chi connectivity index (χ1n) is 7.64. The molecule has 4 atom stereocenters. The van der Waals surface area contributed by atoms with Crippen LogP contribution in [0.5, 0.6) is 0 Å². The quantitative estimate of drug-likeness (QED) is 0.819. The molecule has 0 bridgehead atoms. The van der Waals surface area contributed by atoms with Gasteiger partial charge in [0.05, 0.1) is 0 Å². The number of hydrogen-bond donors (Lipinski definition) is 1. The van der Waals surface area contributed by atoms with E-state index in [0.29, 0.717) is 6.04 Å². The van der Waals surface area contributed by atoms with Crippen molar-refractivity contribution in [2.45, 2.75) is 70.4 Å². The van der Waals surface area contributed by atoms with Gasteiger partial charge in [-0.2, -0.15) is 0 Å². The second kappa shape index (κ2) is 6.19. The highest BCUT2D eigenvalue weighted by Crippen LogP contribution is 2.30. The fourth-order valence-corrected chi connectivity index (χ4v) is 3.92. The monoisotopic (exact) mass is 238 g/mol. The van der Waals surface area contributed by atoms with Crippen molar-refractivity contribution >= 4 is 0 Å². The van der Waals surface area contributed by atoms with E-state index in [4.69, 9.17) is 5.73 Å². The summed E-state index contributed by atoms with van der Waals surface area (Å²) in [5.41, 5.74) is 6.26. The Bertz CT molecular complexity index is 229. The Hall–Kier alpha value is -0.0800. The van der Waals surface area contributed by atoms with Gasteiger partial charge >= 0.3 is 0 Å². The second-order valence-electron chi connectivity index (χ2n) is 6.48. The first kappa shape index (κ1) is 13.4. The number of nitrogens with two attached hydrogens (primary N) is 1. The van der Waals surface area contributed by atoms with Gasteiger partial charge in [-0.1, -0.05) is 32.6 Å². The van der Waals surface area contributed by atoms with E-state index in [1.54, 1.807) is 0 Å². The third-order valence-corrected chi connectivity index (χ3v) is 5.12. The zero-order valence-corrected chi connectivity index (χ0v) is 11.7. The van der Waals surface area contributed by atoms with Crippen LogP contribution < -0.4 is 5.73 Å². The molecule has 0 amide bonds. The van der Waals surface area contributed by atoms with Gasteiger partial charge in [-0.05, 0) is 44.6 Å². The predicted octanol–water partition coefficient (Wildman–Crippen LogP) is 3.01. The van der Waals surface area contributed by atoms with Gasteiger partial charge in [0.1, 0.15) is 0 Å². The van der Waals surface area contributed by atoms with Crippen LogP contribution in [0.25, 0.3) is 0 Å². The molecule has 0 saturated heterocycles. The van der Waals surface area contributed by atoms with Gasteiger partial charge in [-0.3, -0.25) is 0 Å². The summed E-state index contributed by atoms with van der Waals surface area (Å²) in [5, 5.41) is 0. The van der Waals surface area contributed by atoms with Gasteiger partial charge < -0.3 is 10.6 Å². The summed E-state index contributed by atoms with van der Waals surface area (Å²) in [5.74, 6) is 1.64. The van der Waals surface area contributed by atoms with E-state index in [9.17, 15) is 0 Å². The molecule has 2 saturated carbocycles. The Morgan fingerprint density at radius 3 is 2.35 bits per heavy atom. The van der Waals surface area contributed by atoms with E-state index < -0.39 is 0 Å². The zero-order chi connectivity index (χ0) is 12.3. The molecule has 2 aliphatic rings. The second-order valence-corrected chi connectivity index (χ2v) is 6.48. The molecule has 2 fully saturated rings. The molecule has 2 heteroatoms. The van der Waals surface area contributed by atoms with E-state index in [1.165, 1.54) is 57.9 Å². The first-order chi connectivity index (χ1) is 8.18. The van der Waals surface area contributed by atoms with E-state index in [1.807, 2.05) is 0 Å². The van der Waals surface area contributed by atoms with Crippen molar-refractivity contribution in [2.75, 3.05) is 13.6 Å². The molecular weight excluding hydrogens is 208 g/mol. The van der Waals surface area contributed by atoms with E-state index >= 15 is 0 Å². The molecule has 2 N–H and O–H groups in total. The molecule has 0 radical (unpaired) electrons. The molecule has 4 unspecified atom stereocenters. The van der Waals surface area contributed by atoms with Crippen LogP contribution in [0.4, 0.5) is 0 Å². The van der Waals surface area contributed by atoms with Crippen LogP contribution >= 0.6 is 0 Å². The molecule has 2 rings (SSSR count). The third kappa shape index (κ3) is 3.45. The summed E-state index contributed by atoms with van der Waals surface area (Å²) in [4.78, 5) is 2.62. The predicted molar refractivity (Wildman–Crippen MR) is 74.0 cm³/mol. The fraction of sp³-hybridized carbons (Fsp3) is 1.00. The Morgan fingerprint density at radius 1 is 1.00 bits per heavy atom. The first-order valence-corrected chi connectivity index (χ1v) is 7.64. The molecular formula is C15H30N2. The molecule has 0 aromatic carbocycles. The van der Waals surface area contributed by atoms with Gasteiger partial charge in [-0.15, -0.1) is 0 Å². The Morgan fingerprint density at radius 2 is 1.65 bits per heavy atom. The summed E-state index contributed by atoms with van der Waals surface area (Å²) >= 11 is 0. The van der Waals surface area contributed by atoms with Gasteiger partial charge in [0.15, 0.2) is 0 Å². The molecule has 0 heterocycles. The maximum absolute atomic E-state index is 6.26. The Balaban J connectivity index is 1.84. The van der Waals surface area contributed by atoms with E-state index in [2.05, 4.69) is 18.9 Å². The number of nitrogens with zero attached hydrogens (tertiary/aromatic N) is 1. The van der Waals surface area contributed by atoms with E-state index in [-0.39, 0.29) is 0 Å². The van der Waals surface area contributed by atoms with Crippen LogP contribution in [0.3, 0.4) is 0 Å². The summed E-state index contributed by atoms with van der Waals surface area (Å²) in [6.45, 7) is 3.66. The Labute approximate surface area is 107 Å². The van der Waals surface area contributed by atoms with Gasteiger partial charge in [0, 0.05) is 18.6 Å².